The topological polar surface area (TPSA) is 56.3 Å². The molecule has 0 radical (unpaired) electrons. The molecule has 0 bridgehead atoms. The third kappa shape index (κ3) is 9.94. The van der Waals surface area contributed by atoms with Gasteiger partial charge in [0.25, 0.3) is 0 Å². The Bertz CT molecular complexity index is 685. The van der Waals surface area contributed by atoms with Crippen molar-refractivity contribution in [3.8, 4) is 0 Å². The Labute approximate surface area is 129 Å². The van der Waals surface area contributed by atoms with Gasteiger partial charge in [-0.1, -0.05) is 12.1 Å². The minimum Gasteiger partial charge on any atom is -0.418 e. The SMILES string of the molecule is F[B-](F)(F)F.F[B-](F)(F)F.N#[N+]c1cccc2c([N+]#N)cccc12. The van der Waals surface area contributed by atoms with E-state index < -0.39 is 14.5 Å². The van der Waals surface area contributed by atoms with Crippen LogP contribution in [-0.4, -0.2) is 14.5 Å². The van der Waals surface area contributed by atoms with E-state index in [1.165, 1.54) is 0 Å². The van der Waals surface area contributed by atoms with Gasteiger partial charge in [-0.15, -0.1) is 0 Å². The molecule has 2 aromatic carbocycles. The Hall–Kier alpha value is -2.89. The molecule has 0 unspecified atom stereocenters. The van der Waals surface area contributed by atoms with Crippen LogP contribution in [-0.2, 0) is 0 Å². The second-order valence-electron chi connectivity index (χ2n) is 3.84. The third-order valence-electron chi connectivity index (χ3n) is 2.09. The molecule has 0 amide bonds. The third-order valence-corrected chi connectivity index (χ3v) is 2.09. The lowest BCUT2D eigenvalue weighted by Gasteiger charge is -1.94. The van der Waals surface area contributed by atoms with Crippen molar-refractivity contribution < 1.29 is 34.5 Å². The highest BCUT2D eigenvalue weighted by molar-refractivity contribution is 6.50. The first kappa shape index (κ1) is 21.1. The zero-order valence-corrected chi connectivity index (χ0v) is 11.4. The molecule has 0 spiro atoms. The fourth-order valence-corrected chi connectivity index (χ4v) is 1.45. The van der Waals surface area contributed by atoms with Crippen molar-refractivity contribution in [3.63, 3.8) is 0 Å². The van der Waals surface area contributed by atoms with E-state index in [0.717, 1.165) is 10.8 Å². The molecule has 0 saturated heterocycles. The van der Waals surface area contributed by atoms with Crippen LogP contribution in [0.25, 0.3) is 20.7 Å². The average Bonchev–Trinajstić information content (AvgIpc) is 2.42. The van der Waals surface area contributed by atoms with Crippen molar-refractivity contribution in [1.82, 2.24) is 0 Å². The lowest BCUT2D eigenvalue weighted by Crippen LogP contribution is -2.02. The van der Waals surface area contributed by atoms with Crippen LogP contribution in [0.3, 0.4) is 0 Å². The van der Waals surface area contributed by atoms with Gasteiger partial charge in [0.1, 0.15) is 0 Å². The molecule has 24 heavy (non-hydrogen) atoms. The van der Waals surface area contributed by atoms with Gasteiger partial charge >= 0.3 is 25.9 Å². The van der Waals surface area contributed by atoms with Crippen molar-refractivity contribution >= 4 is 36.7 Å². The average molecular weight is 356 g/mol. The molecular weight excluding hydrogens is 350 g/mol. The minimum atomic E-state index is -6.00. The summed E-state index contributed by atoms with van der Waals surface area (Å²) in [6, 6.07) is 10.5. The zero-order valence-electron chi connectivity index (χ0n) is 11.4. The lowest BCUT2D eigenvalue weighted by atomic mass is 10.1. The normalized spacial score (nSPS) is 10.4. The highest BCUT2D eigenvalue weighted by atomic mass is 19.5. The molecule has 0 atom stereocenters. The number of diazo groups is 2. The molecule has 2 aromatic rings. The minimum absolute atomic E-state index is 0.466. The van der Waals surface area contributed by atoms with E-state index in [0.29, 0.717) is 11.4 Å². The maximum absolute atomic E-state index is 9.75. The summed E-state index contributed by atoms with van der Waals surface area (Å²) in [5.41, 5.74) is 0.931. The van der Waals surface area contributed by atoms with Crippen molar-refractivity contribution in [2.45, 2.75) is 0 Å². The van der Waals surface area contributed by atoms with Crippen LogP contribution < -0.4 is 0 Å². The molecule has 128 valence electrons. The molecule has 0 aliphatic rings. The van der Waals surface area contributed by atoms with Crippen LogP contribution in [0, 0.1) is 10.8 Å². The maximum Gasteiger partial charge on any atom is 0.673 e. The Morgan fingerprint density at radius 3 is 1.04 bits per heavy atom. The van der Waals surface area contributed by atoms with Gasteiger partial charge in [-0.05, 0) is 12.1 Å². The Balaban J connectivity index is 0.000000442. The van der Waals surface area contributed by atoms with E-state index >= 15 is 0 Å². The Morgan fingerprint density at radius 1 is 0.583 bits per heavy atom. The summed E-state index contributed by atoms with van der Waals surface area (Å²) in [7, 11) is -12.0. The first-order valence-electron chi connectivity index (χ1n) is 5.83. The van der Waals surface area contributed by atoms with Crippen molar-refractivity contribution in [2.75, 3.05) is 0 Å². The van der Waals surface area contributed by atoms with Crippen LogP contribution in [0.4, 0.5) is 45.9 Å². The van der Waals surface area contributed by atoms with E-state index in [4.69, 9.17) is 10.8 Å². The van der Waals surface area contributed by atoms with Gasteiger partial charge in [-0.2, -0.15) is 0 Å². The molecule has 2 rings (SSSR count). The van der Waals surface area contributed by atoms with E-state index in [1.54, 1.807) is 36.4 Å². The number of hydrogen-bond donors (Lipinski definition) is 0. The Morgan fingerprint density at radius 2 is 0.833 bits per heavy atom. The first-order chi connectivity index (χ1) is 10.9. The summed E-state index contributed by atoms with van der Waals surface area (Å²) in [5.74, 6) is 0. The summed E-state index contributed by atoms with van der Waals surface area (Å²) in [5, 5.41) is 19.0. The smallest absolute Gasteiger partial charge is 0.418 e. The Kier molecular flexibility index (Phi) is 7.62. The van der Waals surface area contributed by atoms with Crippen LogP contribution in [0.2, 0.25) is 0 Å². The highest BCUT2D eigenvalue weighted by Gasteiger charge is 2.21. The van der Waals surface area contributed by atoms with Gasteiger partial charge in [-0.3, -0.25) is 0 Å². The molecule has 0 saturated carbocycles. The molecule has 0 aromatic heterocycles. The molecule has 0 aliphatic carbocycles. The van der Waals surface area contributed by atoms with Gasteiger partial charge in [0, 0.05) is 12.1 Å². The molecule has 0 heterocycles. The van der Waals surface area contributed by atoms with E-state index in [9.17, 15) is 34.5 Å². The van der Waals surface area contributed by atoms with Crippen molar-refractivity contribution in [1.29, 1.82) is 10.8 Å². The molecule has 0 aliphatic heterocycles. The second-order valence-corrected chi connectivity index (χ2v) is 3.84. The molecule has 0 fully saturated rings. The second kappa shape index (κ2) is 8.67. The van der Waals surface area contributed by atoms with E-state index in [-0.39, 0.29) is 0 Å². The number of hydrogen-bond acceptors (Lipinski definition) is 2. The largest absolute Gasteiger partial charge is 0.673 e. The quantitative estimate of drug-likeness (QED) is 0.311. The number of benzene rings is 2. The van der Waals surface area contributed by atoms with Gasteiger partial charge < -0.3 is 34.5 Å². The lowest BCUT2D eigenvalue weighted by molar-refractivity contribution is 0.366. The van der Waals surface area contributed by atoms with Crippen LogP contribution in [0.15, 0.2) is 36.4 Å². The standard InChI is InChI=1S/C10H6N4.2BF4/c11-13-9-5-1-3-7-8(9)4-2-6-10(7)14-12;2*2-1(3,4)5/h1-6H;;/q+2;2*-1. The summed E-state index contributed by atoms with van der Waals surface area (Å²) in [4.78, 5) is 6.30. The van der Waals surface area contributed by atoms with Gasteiger partial charge in [0.05, 0.1) is 10.8 Å². The van der Waals surface area contributed by atoms with Gasteiger partial charge in [0.15, 0.2) is 9.95 Å². The first-order valence-corrected chi connectivity index (χ1v) is 5.83. The summed E-state index contributed by atoms with van der Waals surface area (Å²) < 4.78 is 78.0. The number of nitrogens with zero attached hydrogens (tertiary/aromatic N) is 4. The molecular formula is C10H6B2F8N4. The molecule has 4 nitrogen and oxygen atoms in total. The molecule has 14 heteroatoms. The highest BCUT2D eigenvalue weighted by Crippen LogP contribution is 2.32. The van der Waals surface area contributed by atoms with E-state index in [2.05, 4.69) is 9.95 Å². The summed E-state index contributed by atoms with van der Waals surface area (Å²) >= 11 is 0. The molecule has 0 N–H and O–H groups in total. The fourth-order valence-electron chi connectivity index (χ4n) is 1.45. The van der Waals surface area contributed by atoms with Crippen LogP contribution in [0.5, 0.6) is 0 Å². The van der Waals surface area contributed by atoms with Crippen LogP contribution >= 0.6 is 0 Å². The number of rotatable bonds is 0. The van der Waals surface area contributed by atoms with Gasteiger partial charge in [-0.25, -0.2) is 0 Å². The predicted molar refractivity (Wildman–Crippen MR) is 73.8 cm³/mol. The van der Waals surface area contributed by atoms with E-state index in [1.807, 2.05) is 0 Å². The fraction of sp³-hybridized carbons (Fsp3) is 0. The maximum atomic E-state index is 9.75. The summed E-state index contributed by atoms with van der Waals surface area (Å²) in [6.07, 6.45) is 0. The monoisotopic (exact) mass is 356 g/mol. The number of halogens is 8. The van der Waals surface area contributed by atoms with Gasteiger partial charge in [0.2, 0.25) is 10.8 Å². The predicted octanol–water partition coefficient (Wildman–Crippen LogP) is 6.41. The summed E-state index contributed by atoms with van der Waals surface area (Å²) in [6.45, 7) is 0. The van der Waals surface area contributed by atoms with Crippen molar-refractivity contribution in [3.05, 3.63) is 46.4 Å². The number of fused-ring (bicyclic) bond motifs is 1. The zero-order chi connectivity index (χ0) is 19.0. The van der Waals surface area contributed by atoms with Crippen LogP contribution in [0.1, 0.15) is 0 Å². The van der Waals surface area contributed by atoms with Crippen molar-refractivity contribution in [2.24, 2.45) is 0 Å².